The number of hydrogen-bond acceptors (Lipinski definition) is 6. The maximum atomic E-state index is 11.8. The number of nitrogens with one attached hydrogen (secondary N) is 2. The lowest BCUT2D eigenvalue weighted by Gasteiger charge is -2.03. The summed E-state index contributed by atoms with van der Waals surface area (Å²) in [5, 5.41) is 6.50. The average molecular weight is 343 g/mol. The maximum absolute atomic E-state index is 11.8. The van der Waals surface area contributed by atoms with Crippen molar-refractivity contribution < 1.29 is 14.1 Å². The first-order valence-electron chi connectivity index (χ1n) is 8.13. The third-order valence-electron chi connectivity index (χ3n) is 3.58. The second-order valence-electron chi connectivity index (χ2n) is 6.18. The molecule has 3 aromatic rings. The molecule has 0 aliphatic rings. The Hall–Kier alpha value is -2.74. The Labute approximate surface area is 145 Å². The summed E-state index contributed by atoms with van der Waals surface area (Å²) >= 11 is 0. The van der Waals surface area contributed by atoms with E-state index in [-0.39, 0.29) is 31.6 Å². The first-order chi connectivity index (χ1) is 12.0. The lowest BCUT2D eigenvalue weighted by atomic mass is 10.2. The number of H-pyrrole nitrogens is 1. The van der Waals surface area contributed by atoms with Crippen LogP contribution in [-0.4, -0.2) is 32.6 Å². The number of aryl methyl sites for hydroxylation is 1. The molecule has 0 saturated heterocycles. The van der Waals surface area contributed by atoms with Crippen LogP contribution in [0.3, 0.4) is 0 Å². The fourth-order valence-corrected chi connectivity index (χ4v) is 2.29. The molecule has 0 aliphatic heterocycles. The van der Waals surface area contributed by atoms with Gasteiger partial charge in [-0.25, -0.2) is 4.98 Å². The van der Waals surface area contributed by atoms with Crippen LogP contribution in [0, 0.1) is 6.92 Å². The quantitative estimate of drug-likeness (QED) is 0.681. The van der Waals surface area contributed by atoms with Gasteiger partial charge in [-0.3, -0.25) is 4.79 Å². The molecule has 1 aromatic carbocycles. The summed E-state index contributed by atoms with van der Waals surface area (Å²) in [7, 11) is 0. The first-order valence-corrected chi connectivity index (χ1v) is 8.13. The van der Waals surface area contributed by atoms with Crippen LogP contribution < -0.4 is 5.32 Å². The second-order valence-corrected chi connectivity index (χ2v) is 6.18. The standard InChI is InChI=1S/C17H21N5O3/c1-10(2)17-21-14(22-25-17)7-18-16(23)9-24-8-15-19-12-5-4-11(3)6-13(12)20-15/h4-6,10H,7-9H2,1-3H3,(H,18,23)(H,19,20). The number of aromatic nitrogens is 4. The predicted octanol–water partition coefficient (Wildman–Crippen LogP) is 2.21. The molecule has 0 radical (unpaired) electrons. The lowest BCUT2D eigenvalue weighted by Crippen LogP contribution is -2.27. The van der Waals surface area contributed by atoms with Gasteiger partial charge in [0.05, 0.1) is 17.6 Å². The van der Waals surface area contributed by atoms with E-state index in [2.05, 4.69) is 25.4 Å². The van der Waals surface area contributed by atoms with Crippen molar-refractivity contribution in [2.45, 2.75) is 39.8 Å². The molecule has 2 aromatic heterocycles. The fraction of sp³-hybridized carbons (Fsp3) is 0.412. The third-order valence-corrected chi connectivity index (χ3v) is 3.58. The number of ether oxygens (including phenoxy) is 1. The summed E-state index contributed by atoms with van der Waals surface area (Å²) in [5.74, 6) is 1.61. The van der Waals surface area contributed by atoms with Crippen LogP contribution in [-0.2, 0) is 22.7 Å². The van der Waals surface area contributed by atoms with Crippen LogP contribution in [0.4, 0.5) is 0 Å². The van der Waals surface area contributed by atoms with Gasteiger partial charge in [-0.15, -0.1) is 0 Å². The van der Waals surface area contributed by atoms with Gasteiger partial charge in [-0.1, -0.05) is 25.1 Å². The molecule has 0 aliphatic carbocycles. The van der Waals surface area contributed by atoms with Gasteiger partial charge in [-0.05, 0) is 24.6 Å². The molecule has 0 atom stereocenters. The van der Waals surface area contributed by atoms with E-state index < -0.39 is 0 Å². The van der Waals surface area contributed by atoms with E-state index in [1.54, 1.807) is 0 Å². The van der Waals surface area contributed by atoms with Crippen molar-refractivity contribution >= 4 is 16.9 Å². The van der Waals surface area contributed by atoms with E-state index in [1.165, 1.54) is 0 Å². The number of hydrogen-bond donors (Lipinski definition) is 2. The summed E-state index contributed by atoms with van der Waals surface area (Å²) in [6, 6.07) is 5.98. The van der Waals surface area contributed by atoms with Crippen molar-refractivity contribution in [2.75, 3.05) is 6.61 Å². The molecule has 0 saturated carbocycles. The number of fused-ring (bicyclic) bond motifs is 1. The van der Waals surface area contributed by atoms with E-state index in [1.807, 2.05) is 39.0 Å². The van der Waals surface area contributed by atoms with E-state index >= 15 is 0 Å². The lowest BCUT2D eigenvalue weighted by molar-refractivity contribution is -0.126. The molecule has 3 rings (SSSR count). The van der Waals surface area contributed by atoms with Gasteiger partial charge >= 0.3 is 0 Å². The zero-order chi connectivity index (χ0) is 17.8. The summed E-state index contributed by atoms with van der Waals surface area (Å²) in [4.78, 5) is 23.6. The molecular weight excluding hydrogens is 322 g/mol. The Morgan fingerprint density at radius 2 is 2.20 bits per heavy atom. The van der Waals surface area contributed by atoms with Gasteiger partial charge in [0, 0.05) is 5.92 Å². The van der Waals surface area contributed by atoms with E-state index in [0.29, 0.717) is 17.5 Å². The first kappa shape index (κ1) is 17.1. The smallest absolute Gasteiger partial charge is 0.246 e. The van der Waals surface area contributed by atoms with E-state index in [0.717, 1.165) is 16.6 Å². The summed E-state index contributed by atoms with van der Waals surface area (Å²) < 4.78 is 10.5. The number of nitrogens with zero attached hydrogens (tertiary/aromatic N) is 3. The Bertz CT molecular complexity index is 868. The number of imidazole rings is 1. The van der Waals surface area contributed by atoms with Crippen molar-refractivity contribution in [3.63, 3.8) is 0 Å². The average Bonchev–Trinajstić information content (AvgIpc) is 3.19. The molecule has 2 N–H and O–H groups in total. The minimum Gasteiger partial charge on any atom is -0.364 e. The van der Waals surface area contributed by atoms with Crippen LogP contribution in [0.1, 0.15) is 42.9 Å². The number of aromatic amines is 1. The molecule has 1 amide bonds. The second kappa shape index (κ2) is 7.43. The van der Waals surface area contributed by atoms with E-state index in [4.69, 9.17) is 9.26 Å². The zero-order valence-corrected chi connectivity index (χ0v) is 14.5. The number of carbonyl (C=O) groups excluding carboxylic acids is 1. The molecule has 0 fully saturated rings. The van der Waals surface area contributed by atoms with Crippen LogP contribution in [0.25, 0.3) is 11.0 Å². The highest BCUT2D eigenvalue weighted by molar-refractivity contribution is 5.77. The Morgan fingerprint density at radius 3 is 2.96 bits per heavy atom. The van der Waals surface area contributed by atoms with Crippen molar-refractivity contribution in [3.8, 4) is 0 Å². The number of benzene rings is 1. The number of amides is 1. The number of carbonyl (C=O) groups is 1. The topological polar surface area (TPSA) is 106 Å². The van der Waals surface area contributed by atoms with E-state index in [9.17, 15) is 4.79 Å². The van der Waals surface area contributed by atoms with Crippen LogP contribution >= 0.6 is 0 Å². The van der Waals surface area contributed by atoms with Crippen LogP contribution in [0.2, 0.25) is 0 Å². The van der Waals surface area contributed by atoms with Crippen molar-refractivity contribution in [2.24, 2.45) is 0 Å². The van der Waals surface area contributed by atoms with Gasteiger partial charge in [0.2, 0.25) is 11.8 Å². The van der Waals surface area contributed by atoms with Gasteiger partial charge in [-0.2, -0.15) is 4.98 Å². The maximum Gasteiger partial charge on any atom is 0.246 e. The van der Waals surface area contributed by atoms with Gasteiger partial charge < -0.3 is 19.6 Å². The Balaban J connectivity index is 1.43. The Morgan fingerprint density at radius 1 is 1.36 bits per heavy atom. The molecule has 0 bridgehead atoms. The Kier molecular flexibility index (Phi) is 5.08. The molecule has 25 heavy (non-hydrogen) atoms. The SMILES string of the molecule is Cc1ccc2nc(COCC(=O)NCc3noc(C(C)C)n3)[nH]c2c1. The molecule has 8 nitrogen and oxygen atoms in total. The summed E-state index contributed by atoms with van der Waals surface area (Å²) in [6.45, 7) is 6.33. The molecule has 132 valence electrons. The molecule has 0 unspecified atom stereocenters. The molecule has 2 heterocycles. The largest absolute Gasteiger partial charge is 0.364 e. The molecule has 0 spiro atoms. The molecular formula is C17H21N5O3. The van der Waals surface area contributed by atoms with Crippen LogP contribution in [0.15, 0.2) is 22.7 Å². The van der Waals surface area contributed by atoms with Crippen molar-refractivity contribution in [3.05, 3.63) is 41.3 Å². The highest BCUT2D eigenvalue weighted by Crippen LogP contribution is 2.13. The summed E-state index contributed by atoms with van der Waals surface area (Å²) in [5.41, 5.74) is 3.00. The molecule has 8 heteroatoms. The van der Waals surface area contributed by atoms with Crippen molar-refractivity contribution in [1.82, 2.24) is 25.4 Å². The van der Waals surface area contributed by atoms with Gasteiger partial charge in [0.15, 0.2) is 5.82 Å². The predicted molar refractivity (Wildman–Crippen MR) is 90.7 cm³/mol. The minimum atomic E-state index is -0.247. The minimum absolute atomic E-state index is 0.0645. The highest BCUT2D eigenvalue weighted by atomic mass is 16.5. The monoisotopic (exact) mass is 343 g/mol. The van der Waals surface area contributed by atoms with Crippen LogP contribution in [0.5, 0.6) is 0 Å². The van der Waals surface area contributed by atoms with Crippen molar-refractivity contribution in [1.29, 1.82) is 0 Å². The van der Waals surface area contributed by atoms with Gasteiger partial charge in [0.25, 0.3) is 0 Å². The number of rotatable bonds is 7. The zero-order valence-electron chi connectivity index (χ0n) is 14.5. The fourth-order valence-electron chi connectivity index (χ4n) is 2.29. The summed E-state index contributed by atoms with van der Waals surface area (Å²) in [6.07, 6.45) is 0. The highest BCUT2D eigenvalue weighted by Gasteiger charge is 2.11. The normalized spacial score (nSPS) is 11.4. The van der Waals surface area contributed by atoms with Gasteiger partial charge in [0.1, 0.15) is 19.0 Å². The third kappa shape index (κ3) is 4.42.